The number of ether oxygens (including phenoxy) is 2. The number of rotatable bonds is 6. The van der Waals surface area contributed by atoms with Crippen molar-refractivity contribution in [3.05, 3.63) is 78.0 Å². The molecule has 1 amide bonds. The molecule has 1 aliphatic heterocycles. The van der Waals surface area contributed by atoms with Crippen molar-refractivity contribution in [1.82, 2.24) is 10.3 Å². The molecule has 2 heterocycles. The molecule has 1 unspecified atom stereocenters. The number of hydrogen-bond acceptors (Lipinski definition) is 5. The summed E-state index contributed by atoms with van der Waals surface area (Å²) >= 11 is 1.63. The number of pyridine rings is 1. The highest BCUT2D eigenvalue weighted by atomic mass is 32.2. The van der Waals surface area contributed by atoms with Gasteiger partial charge in [-0.3, -0.25) is 4.79 Å². The maximum Gasteiger partial charge on any atom is 0.234 e. The SMILES string of the molecule is COc1cccc(Oc2ccc(CNC(=O)C3Cc4ccccc4S3)cn2)c1. The van der Waals surface area contributed by atoms with Gasteiger partial charge in [0.25, 0.3) is 0 Å². The lowest BCUT2D eigenvalue weighted by Gasteiger charge is -2.10. The lowest BCUT2D eigenvalue weighted by Crippen LogP contribution is -2.32. The zero-order valence-corrected chi connectivity index (χ0v) is 16.2. The number of carbonyl (C=O) groups excluding carboxylic acids is 1. The van der Waals surface area contributed by atoms with E-state index in [-0.39, 0.29) is 11.2 Å². The highest BCUT2D eigenvalue weighted by Crippen LogP contribution is 2.36. The Labute approximate surface area is 168 Å². The van der Waals surface area contributed by atoms with Gasteiger partial charge in [-0.1, -0.05) is 30.3 Å². The van der Waals surface area contributed by atoms with E-state index < -0.39 is 0 Å². The summed E-state index contributed by atoms with van der Waals surface area (Å²) in [5.41, 5.74) is 2.17. The molecule has 0 radical (unpaired) electrons. The van der Waals surface area contributed by atoms with Gasteiger partial charge in [0.15, 0.2) is 0 Å². The topological polar surface area (TPSA) is 60.5 Å². The number of fused-ring (bicyclic) bond motifs is 1. The zero-order chi connectivity index (χ0) is 19.3. The number of nitrogens with one attached hydrogen (secondary N) is 1. The normalized spacial score (nSPS) is 15.0. The molecule has 28 heavy (non-hydrogen) atoms. The van der Waals surface area contributed by atoms with E-state index in [1.807, 2.05) is 36.4 Å². The first kappa shape index (κ1) is 18.4. The van der Waals surface area contributed by atoms with E-state index in [0.29, 0.717) is 18.2 Å². The van der Waals surface area contributed by atoms with Gasteiger partial charge in [0.2, 0.25) is 11.8 Å². The number of carbonyl (C=O) groups is 1. The third-order valence-corrected chi connectivity index (χ3v) is 5.79. The lowest BCUT2D eigenvalue weighted by atomic mass is 10.1. The minimum Gasteiger partial charge on any atom is -0.497 e. The molecule has 0 aliphatic carbocycles. The molecule has 142 valence electrons. The van der Waals surface area contributed by atoms with Gasteiger partial charge in [-0.2, -0.15) is 0 Å². The van der Waals surface area contributed by atoms with Crippen LogP contribution in [0.15, 0.2) is 71.8 Å². The second-order valence-corrected chi connectivity index (χ2v) is 7.67. The first-order chi connectivity index (χ1) is 13.7. The van der Waals surface area contributed by atoms with E-state index in [2.05, 4.69) is 22.4 Å². The Kier molecular flexibility index (Phi) is 5.48. The van der Waals surface area contributed by atoms with Gasteiger partial charge in [0, 0.05) is 29.8 Å². The van der Waals surface area contributed by atoms with Crippen molar-refractivity contribution in [1.29, 1.82) is 0 Å². The van der Waals surface area contributed by atoms with Crippen molar-refractivity contribution in [3.8, 4) is 17.4 Å². The Morgan fingerprint density at radius 1 is 1.14 bits per heavy atom. The number of hydrogen-bond donors (Lipinski definition) is 1. The van der Waals surface area contributed by atoms with Crippen molar-refractivity contribution in [2.24, 2.45) is 0 Å². The lowest BCUT2D eigenvalue weighted by molar-refractivity contribution is -0.120. The van der Waals surface area contributed by atoms with Crippen molar-refractivity contribution >= 4 is 17.7 Å². The average Bonchev–Trinajstić information content (AvgIpc) is 3.17. The van der Waals surface area contributed by atoms with Gasteiger partial charge >= 0.3 is 0 Å². The Hall–Kier alpha value is -2.99. The van der Waals surface area contributed by atoms with Crippen LogP contribution in [0.4, 0.5) is 0 Å². The predicted molar refractivity (Wildman–Crippen MR) is 109 cm³/mol. The highest BCUT2D eigenvalue weighted by Gasteiger charge is 2.27. The number of amides is 1. The second-order valence-electron chi connectivity index (χ2n) is 6.42. The minimum atomic E-state index is -0.0685. The van der Waals surface area contributed by atoms with Crippen LogP contribution < -0.4 is 14.8 Å². The van der Waals surface area contributed by atoms with Gasteiger partial charge in [0.1, 0.15) is 11.5 Å². The molecule has 0 saturated carbocycles. The first-order valence-electron chi connectivity index (χ1n) is 9.00. The average molecular weight is 392 g/mol. The standard InChI is InChI=1S/C22H20N2O3S/c1-26-17-6-4-7-18(12-17)27-21-10-9-15(13-23-21)14-24-22(25)20-11-16-5-2-3-8-19(16)28-20/h2-10,12-13,20H,11,14H2,1H3,(H,24,25). The van der Waals surface area contributed by atoms with Gasteiger partial charge < -0.3 is 14.8 Å². The molecule has 6 heteroatoms. The summed E-state index contributed by atoms with van der Waals surface area (Å²) in [6.45, 7) is 0.443. The smallest absolute Gasteiger partial charge is 0.234 e. The third kappa shape index (κ3) is 4.28. The van der Waals surface area contributed by atoms with Crippen LogP contribution in [0.25, 0.3) is 0 Å². The zero-order valence-electron chi connectivity index (χ0n) is 15.4. The highest BCUT2D eigenvalue weighted by molar-refractivity contribution is 8.01. The van der Waals surface area contributed by atoms with Crippen LogP contribution in [0.2, 0.25) is 0 Å². The summed E-state index contributed by atoms with van der Waals surface area (Å²) in [5.74, 6) is 1.93. The summed E-state index contributed by atoms with van der Waals surface area (Å²) in [4.78, 5) is 18.0. The quantitative estimate of drug-likeness (QED) is 0.681. The van der Waals surface area contributed by atoms with Crippen LogP contribution in [-0.2, 0) is 17.8 Å². The third-order valence-electron chi connectivity index (χ3n) is 4.47. The summed E-state index contributed by atoms with van der Waals surface area (Å²) in [5, 5.41) is 2.93. The monoisotopic (exact) mass is 392 g/mol. The van der Waals surface area contributed by atoms with Crippen LogP contribution in [0.1, 0.15) is 11.1 Å². The van der Waals surface area contributed by atoms with E-state index in [0.717, 1.165) is 17.7 Å². The maximum absolute atomic E-state index is 12.5. The number of benzene rings is 2. The summed E-state index contributed by atoms with van der Waals surface area (Å²) in [6.07, 6.45) is 2.49. The molecular weight excluding hydrogens is 372 g/mol. The molecule has 5 nitrogen and oxygen atoms in total. The van der Waals surface area contributed by atoms with Crippen LogP contribution in [0, 0.1) is 0 Å². The molecule has 3 aromatic rings. The summed E-state index contributed by atoms with van der Waals surface area (Å²) in [6, 6.07) is 19.2. The van der Waals surface area contributed by atoms with E-state index >= 15 is 0 Å². The van der Waals surface area contributed by atoms with Crippen LogP contribution >= 0.6 is 11.8 Å². The Bertz CT molecular complexity index is 951. The minimum absolute atomic E-state index is 0.0536. The summed E-state index contributed by atoms with van der Waals surface area (Å²) in [7, 11) is 1.61. The molecule has 2 aromatic carbocycles. The number of nitrogens with zero attached hydrogens (tertiary/aromatic N) is 1. The van der Waals surface area contributed by atoms with E-state index in [1.165, 1.54) is 10.5 Å². The molecule has 0 bridgehead atoms. The molecule has 1 atom stereocenters. The fourth-order valence-corrected chi connectivity index (χ4v) is 4.21. The van der Waals surface area contributed by atoms with Crippen LogP contribution in [0.5, 0.6) is 17.4 Å². The van der Waals surface area contributed by atoms with E-state index in [1.54, 1.807) is 37.2 Å². The molecule has 0 spiro atoms. The van der Waals surface area contributed by atoms with Gasteiger partial charge in [0.05, 0.1) is 12.4 Å². The maximum atomic E-state index is 12.5. The van der Waals surface area contributed by atoms with Crippen molar-refractivity contribution in [2.75, 3.05) is 7.11 Å². The molecule has 1 aliphatic rings. The molecule has 1 aromatic heterocycles. The Morgan fingerprint density at radius 2 is 2.00 bits per heavy atom. The Balaban J connectivity index is 1.30. The van der Waals surface area contributed by atoms with E-state index in [9.17, 15) is 4.79 Å². The number of aromatic nitrogens is 1. The van der Waals surface area contributed by atoms with Gasteiger partial charge in [-0.15, -0.1) is 11.8 Å². The molecule has 1 N–H and O–H groups in total. The van der Waals surface area contributed by atoms with Crippen LogP contribution in [-0.4, -0.2) is 23.3 Å². The largest absolute Gasteiger partial charge is 0.497 e. The van der Waals surface area contributed by atoms with Crippen molar-refractivity contribution in [3.63, 3.8) is 0 Å². The molecule has 0 fully saturated rings. The van der Waals surface area contributed by atoms with E-state index in [4.69, 9.17) is 9.47 Å². The summed E-state index contributed by atoms with van der Waals surface area (Å²) < 4.78 is 10.9. The van der Waals surface area contributed by atoms with Gasteiger partial charge in [-0.05, 0) is 35.7 Å². The fraction of sp³-hybridized carbons (Fsp3) is 0.182. The first-order valence-corrected chi connectivity index (χ1v) is 9.88. The Morgan fingerprint density at radius 3 is 2.79 bits per heavy atom. The predicted octanol–water partition coefficient (Wildman–Crippen LogP) is 4.22. The number of thioether (sulfide) groups is 1. The van der Waals surface area contributed by atoms with Crippen molar-refractivity contribution in [2.45, 2.75) is 23.1 Å². The molecule has 4 rings (SSSR count). The molecular formula is C22H20N2O3S. The second kappa shape index (κ2) is 8.35. The van der Waals surface area contributed by atoms with Crippen molar-refractivity contribution < 1.29 is 14.3 Å². The fourth-order valence-electron chi connectivity index (χ4n) is 2.99. The van der Waals surface area contributed by atoms with Crippen LogP contribution in [0.3, 0.4) is 0 Å². The number of methoxy groups -OCH3 is 1. The molecule has 0 saturated heterocycles. The van der Waals surface area contributed by atoms with Gasteiger partial charge in [-0.25, -0.2) is 4.98 Å².